The molecule has 3 heterocycles. The molecule has 0 aliphatic carbocycles. The van der Waals surface area contributed by atoms with E-state index in [2.05, 4.69) is 27.5 Å². The molecule has 0 saturated carbocycles. The van der Waals surface area contributed by atoms with Crippen molar-refractivity contribution in [2.24, 2.45) is 5.92 Å². The van der Waals surface area contributed by atoms with Gasteiger partial charge in [-0.15, -0.1) is 22.7 Å². The number of nitrogens with zero attached hydrogens (tertiary/aromatic N) is 2. The number of carbonyl (C=O) groups is 1. The average Bonchev–Trinajstić information content (AvgIpc) is 3.05. The minimum Gasteiger partial charge on any atom is -0.313 e. The highest BCUT2D eigenvalue weighted by molar-refractivity contribution is 7.16. The van der Waals surface area contributed by atoms with Gasteiger partial charge in [-0.25, -0.2) is 9.97 Å². The maximum atomic E-state index is 12.4. The Kier molecular flexibility index (Phi) is 4.56. The summed E-state index contributed by atoms with van der Waals surface area (Å²) in [6, 6.07) is 0.222. The van der Waals surface area contributed by atoms with Crippen molar-refractivity contribution in [1.82, 2.24) is 15.3 Å². The van der Waals surface area contributed by atoms with Gasteiger partial charge in [0, 0.05) is 11.4 Å². The van der Waals surface area contributed by atoms with Crippen LogP contribution in [0.5, 0.6) is 0 Å². The van der Waals surface area contributed by atoms with E-state index in [1.807, 2.05) is 19.2 Å². The minimum absolute atomic E-state index is 0.0217. The first-order valence-corrected chi connectivity index (χ1v) is 9.18. The summed E-state index contributed by atoms with van der Waals surface area (Å²) in [5.74, 6) is 0.0892. The van der Waals surface area contributed by atoms with Gasteiger partial charge in [0.15, 0.2) is 5.13 Å². The van der Waals surface area contributed by atoms with Gasteiger partial charge in [-0.05, 0) is 40.2 Å². The maximum Gasteiger partial charge on any atom is 0.230 e. The van der Waals surface area contributed by atoms with E-state index in [0.717, 1.165) is 40.7 Å². The first-order chi connectivity index (χ1) is 10.5. The molecule has 2 atom stereocenters. The lowest BCUT2D eigenvalue weighted by Gasteiger charge is -2.28. The second-order valence-corrected chi connectivity index (χ2v) is 7.73. The fraction of sp³-hybridized carbons (Fsp3) is 0.533. The number of aromatic nitrogens is 2. The first kappa shape index (κ1) is 15.6. The lowest BCUT2D eigenvalue weighted by atomic mass is 9.91. The molecule has 1 aliphatic rings. The number of thiazole rings is 2. The van der Waals surface area contributed by atoms with E-state index >= 15 is 0 Å². The van der Waals surface area contributed by atoms with Gasteiger partial charge in [0.2, 0.25) is 5.91 Å². The highest BCUT2D eigenvalue weighted by Crippen LogP contribution is 2.32. The Morgan fingerprint density at radius 3 is 2.91 bits per heavy atom. The van der Waals surface area contributed by atoms with Crippen LogP contribution in [0, 0.1) is 19.8 Å². The molecule has 22 heavy (non-hydrogen) atoms. The van der Waals surface area contributed by atoms with Crippen LogP contribution in [0.3, 0.4) is 0 Å². The van der Waals surface area contributed by atoms with Crippen molar-refractivity contribution in [2.45, 2.75) is 39.7 Å². The summed E-state index contributed by atoms with van der Waals surface area (Å²) in [6.07, 6.45) is 1.98. The largest absolute Gasteiger partial charge is 0.313 e. The monoisotopic (exact) mass is 336 g/mol. The summed E-state index contributed by atoms with van der Waals surface area (Å²) in [5, 5.41) is 10.0. The van der Waals surface area contributed by atoms with Gasteiger partial charge in [-0.3, -0.25) is 4.79 Å². The van der Waals surface area contributed by atoms with E-state index in [1.54, 1.807) is 11.3 Å². The summed E-state index contributed by atoms with van der Waals surface area (Å²) in [6.45, 7) is 7.05. The van der Waals surface area contributed by atoms with Crippen molar-refractivity contribution >= 4 is 33.7 Å². The summed E-state index contributed by atoms with van der Waals surface area (Å²) in [7, 11) is 0. The number of hydrogen-bond donors (Lipinski definition) is 2. The Morgan fingerprint density at radius 2 is 2.23 bits per heavy atom. The van der Waals surface area contributed by atoms with Gasteiger partial charge in [0.25, 0.3) is 0 Å². The van der Waals surface area contributed by atoms with Crippen molar-refractivity contribution in [3.8, 4) is 10.6 Å². The highest BCUT2D eigenvalue weighted by atomic mass is 32.1. The zero-order valence-electron chi connectivity index (χ0n) is 13.0. The van der Waals surface area contributed by atoms with Crippen LogP contribution in [0.25, 0.3) is 10.6 Å². The average molecular weight is 336 g/mol. The van der Waals surface area contributed by atoms with Gasteiger partial charge < -0.3 is 10.6 Å². The van der Waals surface area contributed by atoms with Gasteiger partial charge in [0.05, 0.1) is 27.2 Å². The fourth-order valence-corrected chi connectivity index (χ4v) is 4.46. The smallest absolute Gasteiger partial charge is 0.230 e. The van der Waals surface area contributed by atoms with E-state index in [0.29, 0.717) is 5.13 Å². The van der Waals surface area contributed by atoms with Crippen LogP contribution in [-0.2, 0) is 4.79 Å². The Balaban J connectivity index is 1.71. The van der Waals surface area contributed by atoms with Crippen molar-refractivity contribution in [3.05, 3.63) is 16.1 Å². The quantitative estimate of drug-likeness (QED) is 0.903. The predicted octanol–water partition coefficient (Wildman–Crippen LogP) is 3.21. The summed E-state index contributed by atoms with van der Waals surface area (Å²) < 4.78 is 0. The first-order valence-electron chi connectivity index (χ1n) is 7.49. The number of aryl methyl sites for hydroxylation is 2. The number of amides is 1. The molecule has 0 aromatic carbocycles. The van der Waals surface area contributed by atoms with E-state index < -0.39 is 0 Å². The Bertz CT molecular complexity index is 679. The Morgan fingerprint density at radius 1 is 1.41 bits per heavy atom. The van der Waals surface area contributed by atoms with Gasteiger partial charge in [-0.2, -0.15) is 0 Å². The maximum absolute atomic E-state index is 12.4. The number of carbonyl (C=O) groups excluding carboxylic acids is 1. The SMILES string of the molecule is Cc1nc(C)c(-c2csc(NC(=O)C3CCCNC3C)n2)s1. The normalized spacial score (nSPS) is 21.8. The molecule has 0 radical (unpaired) electrons. The van der Waals surface area contributed by atoms with Crippen LogP contribution in [0.1, 0.15) is 30.5 Å². The molecule has 0 bridgehead atoms. The molecule has 5 nitrogen and oxygen atoms in total. The molecule has 2 aromatic heterocycles. The molecular weight excluding hydrogens is 316 g/mol. The van der Waals surface area contributed by atoms with Crippen LogP contribution < -0.4 is 10.6 Å². The van der Waals surface area contributed by atoms with Crippen LogP contribution in [0.4, 0.5) is 5.13 Å². The van der Waals surface area contributed by atoms with Gasteiger partial charge >= 0.3 is 0 Å². The second-order valence-electron chi connectivity index (χ2n) is 5.67. The van der Waals surface area contributed by atoms with E-state index in [-0.39, 0.29) is 17.9 Å². The Hall–Kier alpha value is -1.31. The molecule has 118 valence electrons. The minimum atomic E-state index is 0.0217. The third-order valence-corrected chi connectivity index (χ3v) is 5.82. The van der Waals surface area contributed by atoms with E-state index in [1.165, 1.54) is 11.3 Å². The number of piperidine rings is 1. The third-order valence-electron chi connectivity index (χ3n) is 3.97. The molecular formula is C15H20N4OS2. The topological polar surface area (TPSA) is 66.9 Å². The molecule has 1 amide bonds. The lowest BCUT2D eigenvalue weighted by Crippen LogP contribution is -2.44. The Labute approximate surface area is 138 Å². The predicted molar refractivity (Wildman–Crippen MR) is 91.5 cm³/mol. The zero-order chi connectivity index (χ0) is 15.7. The molecule has 0 spiro atoms. The number of hydrogen-bond acceptors (Lipinski definition) is 6. The van der Waals surface area contributed by atoms with Crippen LogP contribution in [0.15, 0.2) is 5.38 Å². The molecule has 7 heteroatoms. The van der Waals surface area contributed by atoms with Crippen molar-refractivity contribution in [2.75, 3.05) is 11.9 Å². The summed E-state index contributed by atoms with van der Waals surface area (Å²) >= 11 is 3.11. The molecule has 2 unspecified atom stereocenters. The number of anilines is 1. The molecule has 2 aromatic rings. The number of rotatable bonds is 3. The van der Waals surface area contributed by atoms with Crippen molar-refractivity contribution in [3.63, 3.8) is 0 Å². The second kappa shape index (κ2) is 6.44. The van der Waals surface area contributed by atoms with Crippen LogP contribution in [0.2, 0.25) is 0 Å². The summed E-state index contributed by atoms with van der Waals surface area (Å²) in [5.41, 5.74) is 1.90. The van der Waals surface area contributed by atoms with Crippen molar-refractivity contribution < 1.29 is 4.79 Å². The highest BCUT2D eigenvalue weighted by Gasteiger charge is 2.28. The molecule has 1 fully saturated rings. The molecule has 2 N–H and O–H groups in total. The fourth-order valence-electron chi connectivity index (χ4n) is 2.80. The van der Waals surface area contributed by atoms with E-state index in [9.17, 15) is 4.79 Å². The standard InChI is InChI=1S/C15H20N4OS2/c1-8-11(5-4-6-16-8)14(20)19-15-18-12(7-21-15)13-9(2)17-10(3)22-13/h7-8,11,16H,4-6H2,1-3H3,(H,18,19,20). The van der Waals surface area contributed by atoms with Gasteiger partial charge in [-0.1, -0.05) is 0 Å². The van der Waals surface area contributed by atoms with Crippen molar-refractivity contribution in [1.29, 1.82) is 0 Å². The van der Waals surface area contributed by atoms with Crippen LogP contribution >= 0.6 is 22.7 Å². The molecule has 1 aliphatic heterocycles. The zero-order valence-corrected chi connectivity index (χ0v) is 14.6. The number of nitrogens with one attached hydrogen (secondary N) is 2. The van der Waals surface area contributed by atoms with Gasteiger partial charge in [0.1, 0.15) is 0 Å². The summed E-state index contributed by atoms with van der Waals surface area (Å²) in [4.78, 5) is 22.5. The van der Waals surface area contributed by atoms with Crippen LogP contribution in [-0.4, -0.2) is 28.5 Å². The molecule has 3 rings (SSSR count). The molecule has 1 saturated heterocycles. The third kappa shape index (κ3) is 3.21. The lowest BCUT2D eigenvalue weighted by molar-refractivity contribution is -0.121. The van der Waals surface area contributed by atoms with E-state index in [4.69, 9.17) is 0 Å².